The summed E-state index contributed by atoms with van der Waals surface area (Å²) in [5, 5.41) is 18.3. The largest absolute Gasteiger partial charge is 0.0622 e. The topological polar surface area (TPSA) is 0 Å². The third-order valence-electron chi connectivity index (χ3n) is 12.0. The molecule has 248 valence electrons. The van der Waals surface area contributed by atoms with E-state index in [-0.39, 0.29) is 0 Å². The Morgan fingerprint density at radius 1 is 0.185 bits per heavy atom. The van der Waals surface area contributed by atoms with Gasteiger partial charge < -0.3 is 0 Å². The van der Waals surface area contributed by atoms with E-state index >= 15 is 0 Å². The van der Waals surface area contributed by atoms with Crippen molar-refractivity contribution < 1.29 is 0 Å². The molecule has 0 amide bonds. The van der Waals surface area contributed by atoms with Crippen LogP contribution in [-0.2, 0) is 0 Å². The van der Waals surface area contributed by atoms with E-state index in [9.17, 15) is 0 Å². The zero-order valence-electron chi connectivity index (χ0n) is 29.5. The van der Waals surface area contributed by atoms with Crippen molar-refractivity contribution in [2.45, 2.75) is 0 Å². The van der Waals surface area contributed by atoms with Gasteiger partial charge in [0.25, 0.3) is 0 Å². The second-order valence-electron chi connectivity index (χ2n) is 14.8. The van der Waals surface area contributed by atoms with E-state index in [1.165, 1.54) is 120 Å². The molecule has 0 aliphatic rings. The summed E-state index contributed by atoms with van der Waals surface area (Å²) in [4.78, 5) is 0. The molecule has 0 nitrogen and oxygen atoms in total. The Hall–Kier alpha value is -7.02. The first-order chi connectivity index (χ1) is 26.8. The molecule has 0 aliphatic heterocycles. The van der Waals surface area contributed by atoms with Gasteiger partial charge in [-0.3, -0.25) is 0 Å². The van der Waals surface area contributed by atoms with E-state index < -0.39 is 0 Å². The molecule has 54 heavy (non-hydrogen) atoms. The molecule has 0 fully saturated rings. The molecule has 0 unspecified atom stereocenters. The van der Waals surface area contributed by atoms with Gasteiger partial charge in [-0.25, -0.2) is 0 Å². The first kappa shape index (κ1) is 29.5. The molecule has 0 atom stereocenters. The van der Waals surface area contributed by atoms with E-state index in [0.29, 0.717) is 0 Å². The van der Waals surface area contributed by atoms with Crippen molar-refractivity contribution in [2.75, 3.05) is 0 Å². The summed E-state index contributed by atoms with van der Waals surface area (Å²) in [6.07, 6.45) is 0. The van der Waals surface area contributed by atoms with Gasteiger partial charge in [0.05, 0.1) is 0 Å². The van der Waals surface area contributed by atoms with Crippen molar-refractivity contribution in [3.63, 3.8) is 0 Å². The lowest BCUT2D eigenvalue weighted by Crippen LogP contribution is -1.90. The Bertz CT molecular complexity index is 3410. The highest BCUT2D eigenvalue weighted by Crippen LogP contribution is 2.45. The van der Waals surface area contributed by atoms with Crippen LogP contribution < -0.4 is 0 Å². The molecule has 12 rings (SSSR count). The molecule has 0 aliphatic carbocycles. The van der Waals surface area contributed by atoms with Crippen molar-refractivity contribution in [3.8, 4) is 44.5 Å². The van der Waals surface area contributed by atoms with Gasteiger partial charge in [-0.15, -0.1) is 0 Å². The quantitative estimate of drug-likeness (QED) is 0.162. The zero-order chi connectivity index (χ0) is 35.3. The summed E-state index contributed by atoms with van der Waals surface area (Å²) in [5.74, 6) is 0. The molecule has 0 bridgehead atoms. The maximum Gasteiger partial charge on any atom is -0.00203 e. The minimum Gasteiger partial charge on any atom is -0.0622 e. The second kappa shape index (κ2) is 11.2. The van der Waals surface area contributed by atoms with Gasteiger partial charge in [0.15, 0.2) is 0 Å². The van der Waals surface area contributed by atoms with Crippen LogP contribution in [0.2, 0.25) is 0 Å². The number of benzene rings is 12. The average molecular weight is 681 g/mol. The minimum atomic E-state index is 1.23. The lowest BCUT2D eigenvalue weighted by Gasteiger charge is -2.17. The molecule has 0 radical (unpaired) electrons. The highest BCUT2D eigenvalue weighted by atomic mass is 14.2. The van der Waals surface area contributed by atoms with Crippen molar-refractivity contribution in [1.82, 2.24) is 0 Å². The van der Waals surface area contributed by atoms with E-state index in [1.807, 2.05) is 0 Å². The fraction of sp³-hybridized carbons (Fsp3) is 0. The third kappa shape index (κ3) is 4.26. The van der Waals surface area contributed by atoms with Crippen LogP contribution in [0.4, 0.5) is 0 Å². The maximum absolute atomic E-state index is 2.33. The number of fused-ring (bicyclic) bond motifs is 1. The van der Waals surface area contributed by atoms with E-state index in [0.717, 1.165) is 0 Å². The van der Waals surface area contributed by atoms with Crippen molar-refractivity contribution in [1.29, 1.82) is 0 Å². The van der Waals surface area contributed by atoms with Gasteiger partial charge in [-0.05, 0) is 126 Å². The molecule has 0 heteroatoms. The predicted octanol–water partition coefficient (Wildman–Crippen LogP) is 15.3. The van der Waals surface area contributed by atoms with Crippen LogP contribution in [0, 0.1) is 0 Å². The summed E-state index contributed by atoms with van der Waals surface area (Å²) in [6.45, 7) is 0. The van der Waals surface area contributed by atoms with Crippen LogP contribution in [0.25, 0.3) is 120 Å². The molecule has 12 aromatic rings. The normalized spacial score (nSPS) is 12.1. The molecular formula is C54H32. The lowest BCUT2D eigenvalue weighted by molar-refractivity contribution is 1.63. The summed E-state index contributed by atoms with van der Waals surface area (Å²) >= 11 is 0. The summed E-state index contributed by atoms with van der Waals surface area (Å²) in [6, 6.07) is 72.3. The Morgan fingerprint density at radius 2 is 0.500 bits per heavy atom. The van der Waals surface area contributed by atoms with E-state index in [4.69, 9.17) is 0 Å². The van der Waals surface area contributed by atoms with Crippen molar-refractivity contribution in [3.05, 3.63) is 194 Å². The van der Waals surface area contributed by atoms with Crippen molar-refractivity contribution >= 4 is 75.4 Å². The summed E-state index contributed by atoms with van der Waals surface area (Å²) in [5.41, 5.74) is 10.1. The van der Waals surface area contributed by atoms with Crippen LogP contribution in [0.1, 0.15) is 0 Å². The average Bonchev–Trinajstić information content (AvgIpc) is 3.24. The Kier molecular flexibility index (Phi) is 6.15. The molecule has 0 saturated carbocycles. The highest BCUT2D eigenvalue weighted by Gasteiger charge is 2.17. The first-order valence-corrected chi connectivity index (χ1v) is 18.8. The van der Waals surface area contributed by atoms with Gasteiger partial charge >= 0.3 is 0 Å². The molecular weight excluding hydrogens is 649 g/mol. The van der Waals surface area contributed by atoms with Crippen LogP contribution in [0.15, 0.2) is 194 Å². The Labute approximate surface area is 312 Å². The standard InChI is InChI=1S/C54H32/c1-2-7-34(8-3-1)43-24-16-37-21-29-48-44(25-17-38-20-28-47(43)51(37)52(38)48)35-11-13-36(14-12-35)45-26-18-39-23-31-50-46(27-19-40-22-30-49(45)53(39)54(40)50)42-15-10-33-6-4-5-9-41(33)32-42/h1-32H. The highest BCUT2D eigenvalue weighted by molar-refractivity contribution is 6.29. The van der Waals surface area contributed by atoms with Crippen LogP contribution in [0.5, 0.6) is 0 Å². The fourth-order valence-electron chi connectivity index (χ4n) is 9.41. The molecule has 0 aromatic heterocycles. The lowest BCUT2D eigenvalue weighted by atomic mass is 9.86. The molecule has 0 saturated heterocycles. The molecule has 0 spiro atoms. The van der Waals surface area contributed by atoms with Gasteiger partial charge in [0, 0.05) is 0 Å². The maximum atomic E-state index is 2.33. The van der Waals surface area contributed by atoms with Gasteiger partial charge in [0.2, 0.25) is 0 Å². The monoisotopic (exact) mass is 680 g/mol. The Morgan fingerprint density at radius 3 is 0.944 bits per heavy atom. The third-order valence-corrected chi connectivity index (χ3v) is 12.0. The van der Waals surface area contributed by atoms with E-state index in [1.54, 1.807) is 0 Å². The summed E-state index contributed by atoms with van der Waals surface area (Å²) < 4.78 is 0. The summed E-state index contributed by atoms with van der Waals surface area (Å²) in [7, 11) is 0. The number of rotatable bonds is 4. The number of hydrogen-bond donors (Lipinski definition) is 0. The van der Waals surface area contributed by atoms with Gasteiger partial charge in [0.1, 0.15) is 0 Å². The Balaban J connectivity index is 0.989. The number of hydrogen-bond acceptors (Lipinski definition) is 0. The van der Waals surface area contributed by atoms with E-state index in [2.05, 4.69) is 194 Å². The smallest absolute Gasteiger partial charge is 0.00203 e. The minimum absolute atomic E-state index is 1.23. The van der Waals surface area contributed by atoms with Crippen LogP contribution >= 0.6 is 0 Å². The molecule has 12 aromatic carbocycles. The fourth-order valence-corrected chi connectivity index (χ4v) is 9.41. The first-order valence-electron chi connectivity index (χ1n) is 18.8. The van der Waals surface area contributed by atoms with Crippen LogP contribution in [-0.4, -0.2) is 0 Å². The second-order valence-corrected chi connectivity index (χ2v) is 14.8. The van der Waals surface area contributed by atoms with Gasteiger partial charge in [-0.1, -0.05) is 188 Å². The molecule has 0 heterocycles. The van der Waals surface area contributed by atoms with Crippen LogP contribution in [0.3, 0.4) is 0 Å². The van der Waals surface area contributed by atoms with Crippen molar-refractivity contribution in [2.24, 2.45) is 0 Å². The SMILES string of the molecule is c1ccc(-c2ccc3ccc4c(-c5ccc(-c6ccc7ccc8c(-c9ccc%10ccccc%10c9)ccc9ccc6c7c98)cc5)ccc5ccc2c3c54)cc1. The predicted molar refractivity (Wildman–Crippen MR) is 233 cm³/mol. The molecule has 0 N–H and O–H groups in total. The zero-order valence-corrected chi connectivity index (χ0v) is 29.5. The van der Waals surface area contributed by atoms with Gasteiger partial charge in [-0.2, -0.15) is 0 Å².